The molecule has 1 unspecified atom stereocenters. The van der Waals surface area contributed by atoms with Crippen LogP contribution < -0.4 is 5.32 Å². The zero-order valence-corrected chi connectivity index (χ0v) is 13.1. The topological polar surface area (TPSA) is 51.2 Å². The van der Waals surface area contributed by atoms with Crippen LogP contribution in [0.4, 0.5) is 5.13 Å². The largest absolute Gasteiger partial charge is 0.465 e. The van der Waals surface area contributed by atoms with E-state index in [1.807, 2.05) is 13.0 Å². The molecule has 0 aliphatic heterocycles. The van der Waals surface area contributed by atoms with Gasteiger partial charge in [0, 0.05) is 10.0 Å². The van der Waals surface area contributed by atoms with Crippen LogP contribution in [0.5, 0.6) is 0 Å². The van der Waals surface area contributed by atoms with Crippen molar-refractivity contribution in [1.82, 2.24) is 4.98 Å². The lowest BCUT2D eigenvalue weighted by Gasteiger charge is -2.14. The minimum atomic E-state index is -0.396. The van der Waals surface area contributed by atoms with Crippen LogP contribution in [-0.4, -0.2) is 18.1 Å². The molecule has 4 nitrogen and oxygen atoms in total. The first kappa shape index (κ1) is 15.1. The molecule has 0 fully saturated rings. The number of carbonyl (C=O) groups excluding carboxylic acids is 1. The molecular formula is C13H12Cl2N2O2S. The predicted octanol–water partition coefficient (Wildman–Crippen LogP) is 4.41. The van der Waals surface area contributed by atoms with Crippen LogP contribution in [0.3, 0.4) is 0 Å². The summed E-state index contributed by atoms with van der Waals surface area (Å²) in [7, 11) is 1.34. The Morgan fingerprint density at radius 2 is 2.20 bits per heavy atom. The molecule has 0 saturated heterocycles. The fourth-order valence-corrected chi connectivity index (χ4v) is 3.05. The van der Waals surface area contributed by atoms with E-state index in [-0.39, 0.29) is 6.04 Å². The van der Waals surface area contributed by atoms with Crippen LogP contribution in [0.25, 0.3) is 0 Å². The van der Waals surface area contributed by atoms with Gasteiger partial charge in [0.1, 0.15) is 4.88 Å². The van der Waals surface area contributed by atoms with Crippen LogP contribution in [-0.2, 0) is 4.74 Å². The minimum absolute atomic E-state index is 0.0589. The molecule has 0 aliphatic carbocycles. The van der Waals surface area contributed by atoms with E-state index in [0.29, 0.717) is 20.1 Å². The minimum Gasteiger partial charge on any atom is -0.465 e. The van der Waals surface area contributed by atoms with Crippen LogP contribution >= 0.6 is 34.5 Å². The van der Waals surface area contributed by atoms with Gasteiger partial charge in [-0.3, -0.25) is 0 Å². The van der Waals surface area contributed by atoms with Crippen molar-refractivity contribution in [3.63, 3.8) is 0 Å². The van der Waals surface area contributed by atoms with Gasteiger partial charge in [-0.15, -0.1) is 0 Å². The monoisotopic (exact) mass is 330 g/mol. The summed E-state index contributed by atoms with van der Waals surface area (Å²) in [6.45, 7) is 1.95. The number of aromatic nitrogens is 1. The molecule has 0 amide bonds. The SMILES string of the molecule is COC(=O)c1cnc(NC(C)c2ccc(Cl)cc2Cl)s1. The zero-order valence-electron chi connectivity index (χ0n) is 10.8. The maximum Gasteiger partial charge on any atom is 0.349 e. The van der Waals surface area contributed by atoms with Crippen molar-refractivity contribution in [2.75, 3.05) is 12.4 Å². The average Bonchev–Trinajstić information content (AvgIpc) is 2.86. The van der Waals surface area contributed by atoms with Gasteiger partial charge in [0.25, 0.3) is 0 Å². The molecule has 20 heavy (non-hydrogen) atoms. The Morgan fingerprint density at radius 3 is 2.85 bits per heavy atom. The van der Waals surface area contributed by atoms with E-state index < -0.39 is 5.97 Å². The lowest BCUT2D eigenvalue weighted by Crippen LogP contribution is -2.06. The highest BCUT2D eigenvalue weighted by Crippen LogP contribution is 2.29. The van der Waals surface area contributed by atoms with Gasteiger partial charge in [-0.2, -0.15) is 0 Å². The number of anilines is 1. The van der Waals surface area contributed by atoms with Crippen molar-refractivity contribution in [2.24, 2.45) is 0 Å². The van der Waals surface area contributed by atoms with Crippen molar-refractivity contribution < 1.29 is 9.53 Å². The number of carbonyl (C=O) groups is 1. The smallest absolute Gasteiger partial charge is 0.349 e. The van der Waals surface area contributed by atoms with E-state index >= 15 is 0 Å². The first-order valence-electron chi connectivity index (χ1n) is 5.77. The maximum absolute atomic E-state index is 11.4. The summed E-state index contributed by atoms with van der Waals surface area (Å²) in [6, 6.07) is 5.27. The normalized spacial score (nSPS) is 12.0. The second kappa shape index (κ2) is 6.43. The van der Waals surface area contributed by atoms with Gasteiger partial charge in [-0.05, 0) is 24.6 Å². The van der Waals surface area contributed by atoms with E-state index in [0.717, 1.165) is 5.56 Å². The van der Waals surface area contributed by atoms with Crippen molar-refractivity contribution >= 4 is 45.6 Å². The number of methoxy groups -OCH3 is 1. The lowest BCUT2D eigenvalue weighted by atomic mass is 10.1. The Kier molecular flexibility index (Phi) is 4.86. The fourth-order valence-electron chi connectivity index (χ4n) is 1.65. The van der Waals surface area contributed by atoms with Crippen molar-refractivity contribution in [3.05, 3.63) is 44.9 Å². The average molecular weight is 331 g/mol. The third-order valence-corrected chi connectivity index (χ3v) is 4.13. The van der Waals surface area contributed by atoms with Gasteiger partial charge in [0.05, 0.1) is 19.3 Å². The summed E-state index contributed by atoms with van der Waals surface area (Å²) >= 11 is 13.3. The van der Waals surface area contributed by atoms with Gasteiger partial charge >= 0.3 is 5.97 Å². The van der Waals surface area contributed by atoms with Crippen molar-refractivity contribution in [1.29, 1.82) is 0 Å². The summed E-state index contributed by atoms with van der Waals surface area (Å²) in [5.74, 6) is -0.396. The Balaban J connectivity index is 2.13. The van der Waals surface area contributed by atoms with E-state index in [9.17, 15) is 4.79 Å². The van der Waals surface area contributed by atoms with Crippen LogP contribution in [0.1, 0.15) is 28.2 Å². The first-order chi connectivity index (χ1) is 9.51. The van der Waals surface area contributed by atoms with Gasteiger partial charge in [0.2, 0.25) is 0 Å². The van der Waals surface area contributed by atoms with E-state index in [1.165, 1.54) is 24.6 Å². The number of hydrogen-bond donors (Lipinski definition) is 1. The highest BCUT2D eigenvalue weighted by atomic mass is 35.5. The number of ether oxygens (including phenoxy) is 1. The molecule has 0 aliphatic rings. The molecule has 0 bridgehead atoms. The van der Waals surface area contributed by atoms with E-state index in [4.69, 9.17) is 23.2 Å². The molecule has 1 aromatic carbocycles. The number of rotatable bonds is 4. The fraction of sp³-hybridized carbons (Fsp3) is 0.231. The molecule has 1 atom stereocenters. The molecule has 1 aromatic heterocycles. The number of nitrogens with one attached hydrogen (secondary N) is 1. The third kappa shape index (κ3) is 3.42. The van der Waals surface area contributed by atoms with Crippen molar-refractivity contribution in [3.8, 4) is 0 Å². The molecule has 2 rings (SSSR count). The Labute approximate surface area is 130 Å². The molecule has 1 N–H and O–H groups in total. The number of nitrogens with zero attached hydrogens (tertiary/aromatic N) is 1. The zero-order chi connectivity index (χ0) is 14.7. The Hall–Kier alpha value is -1.30. The second-order valence-corrected chi connectivity index (χ2v) is 5.93. The number of esters is 1. The van der Waals surface area contributed by atoms with Crippen LogP contribution in [0.2, 0.25) is 10.0 Å². The number of benzene rings is 1. The maximum atomic E-state index is 11.4. The van der Waals surface area contributed by atoms with Crippen LogP contribution in [0.15, 0.2) is 24.4 Å². The highest BCUT2D eigenvalue weighted by Gasteiger charge is 2.14. The lowest BCUT2D eigenvalue weighted by molar-refractivity contribution is 0.0606. The summed E-state index contributed by atoms with van der Waals surface area (Å²) < 4.78 is 4.64. The quantitative estimate of drug-likeness (QED) is 0.843. The number of halogens is 2. The molecule has 7 heteroatoms. The predicted molar refractivity (Wildman–Crippen MR) is 82.0 cm³/mol. The number of hydrogen-bond acceptors (Lipinski definition) is 5. The summed E-state index contributed by atoms with van der Waals surface area (Å²) in [5, 5.41) is 4.99. The molecule has 1 heterocycles. The molecule has 0 saturated carbocycles. The highest BCUT2D eigenvalue weighted by molar-refractivity contribution is 7.17. The van der Waals surface area contributed by atoms with E-state index in [1.54, 1.807) is 12.1 Å². The number of thiazole rings is 1. The standard InChI is InChI=1S/C13H12Cl2N2O2S/c1-7(9-4-3-8(14)5-10(9)15)17-13-16-6-11(20-13)12(18)19-2/h3-7H,1-2H3,(H,16,17). The van der Waals surface area contributed by atoms with Gasteiger partial charge in [-0.25, -0.2) is 9.78 Å². The van der Waals surface area contributed by atoms with Crippen LogP contribution in [0, 0.1) is 0 Å². The molecule has 0 spiro atoms. The summed E-state index contributed by atoms with van der Waals surface area (Å²) in [5.41, 5.74) is 0.908. The molecule has 106 valence electrons. The molecule has 2 aromatic rings. The first-order valence-corrected chi connectivity index (χ1v) is 7.34. The van der Waals surface area contributed by atoms with Gasteiger partial charge < -0.3 is 10.1 Å². The Bertz CT molecular complexity index is 631. The summed E-state index contributed by atoms with van der Waals surface area (Å²) in [6.07, 6.45) is 1.48. The van der Waals surface area contributed by atoms with E-state index in [2.05, 4.69) is 15.0 Å². The van der Waals surface area contributed by atoms with Gasteiger partial charge in [-0.1, -0.05) is 40.6 Å². The Morgan fingerprint density at radius 1 is 1.45 bits per heavy atom. The summed E-state index contributed by atoms with van der Waals surface area (Å²) in [4.78, 5) is 15.9. The van der Waals surface area contributed by atoms with Gasteiger partial charge in [0.15, 0.2) is 5.13 Å². The van der Waals surface area contributed by atoms with Crippen molar-refractivity contribution in [2.45, 2.75) is 13.0 Å². The molecular weight excluding hydrogens is 319 g/mol. The third-order valence-electron chi connectivity index (χ3n) is 2.66. The molecule has 0 radical (unpaired) electrons. The second-order valence-electron chi connectivity index (χ2n) is 4.05.